The lowest BCUT2D eigenvalue weighted by molar-refractivity contribution is -0.255. The second-order valence-corrected chi connectivity index (χ2v) is 18.1. The van der Waals surface area contributed by atoms with Gasteiger partial charge in [0.1, 0.15) is 24.1 Å². The van der Waals surface area contributed by atoms with Gasteiger partial charge in [0, 0.05) is 44.2 Å². The molecule has 2 amide bonds. The number of amides is 2. The zero-order valence-corrected chi connectivity index (χ0v) is 37.5. The van der Waals surface area contributed by atoms with Gasteiger partial charge in [0.2, 0.25) is 5.79 Å². The molecular formula is C51H67N3O9. The zero-order chi connectivity index (χ0) is 44.8. The summed E-state index contributed by atoms with van der Waals surface area (Å²) in [5.74, 6) is -1.30. The summed E-state index contributed by atoms with van der Waals surface area (Å²) < 4.78 is 26.4. The highest BCUT2D eigenvalue weighted by molar-refractivity contribution is 6.03. The molecule has 0 unspecified atom stereocenters. The van der Waals surface area contributed by atoms with E-state index in [0.717, 1.165) is 47.9 Å². The van der Waals surface area contributed by atoms with Crippen molar-refractivity contribution in [3.05, 3.63) is 120 Å². The largest absolute Gasteiger partial charge is 0.459 e. The molecule has 0 aromatic heterocycles. The van der Waals surface area contributed by atoms with Crippen molar-refractivity contribution in [2.75, 3.05) is 33.0 Å². The smallest absolute Gasteiger partial charge is 0.412 e. The van der Waals surface area contributed by atoms with Gasteiger partial charge in [-0.15, -0.1) is 6.58 Å². The number of fused-ring (bicyclic) bond motifs is 2. The molecule has 1 heterocycles. The van der Waals surface area contributed by atoms with E-state index in [1.807, 2.05) is 100 Å². The normalized spacial score (nSPS) is 23.0. The van der Waals surface area contributed by atoms with Gasteiger partial charge in [-0.25, -0.2) is 9.59 Å². The van der Waals surface area contributed by atoms with Gasteiger partial charge in [-0.1, -0.05) is 119 Å². The Morgan fingerprint density at radius 3 is 2.33 bits per heavy atom. The Hall–Kier alpha value is -5.17. The molecule has 12 nitrogen and oxygen atoms in total. The van der Waals surface area contributed by atoms with E-state index in [2.05, 4.69) is 18.0 Å². The predicted molar refractivity (Wildman–Crippen MR) is 243 cm³/mol. The number of hydrogen-bond acceptors (Lipinski definition) is 10. The lowest BCUT2D eigenvalue weighted by Crippen LogP contribution is -2.70. The monoisotopic (exact) mass is 865 g/mol. The number of ether oxygens (including phenoxy) is 4. The van der Waals surface area contributed by atoms with Crippen molar-refractivity contribution >= 4 is 17.9 Å². The van der Waals surface area contributed by atoms with Gasteiger partial charge in [0.05, 0.1) is 24.8 Å². The highest BCUT2D eigenvalue weighted by Gasteiger charge is 2.65. The van der Waals surface area contributed by atoms with Gasteiger partial charge in [-0.2, -0.15) is 0 Å². The van der Waals surface area contributed by atoms with E-state index in [9.17, 15) is 19.8 Å². The van der Waals surface area contributed by atoms with Crippen LogP contribution >= 0.6 is 0 Å². The summed E-state index contributed by atoms with van der Waals surface area (Å²) in [6.45, 7) is 13.6. The number of nitrogens with zero attached hydrogens (tertiary/aromatic N) is 2. The van der Waals surface area contributed by atoms with Crippen molar-refractivity contribution < 1.29 is 43.6 Å². The Labute approximate surface area is 373 Å². The molecule has 3 aromatic carbocycles. The number of unbranched alkanes of at least 4 members (excludes halogenated alkanes) is 2. The second kappa shape index (κ2) is 22.4. The Kier molecular flexibility index (Phi) is 16.9. The standard InChI is InChI=1S/C51H67N3O9/c1-6-26-54(49(58)59-35-50(3,4)5)45-32-43(53-61-34-37-20-12-9-13-21-37)41-30-38(22-14-16-27-55)40(23-15-17-28-56)46-42-31-39(62-48(57)52-33-36-18-10-8-11-19-36)24-25-44(42)63-51(45,47(41)46)60-29-7-2/h7-13,18-21,24-25,30-31,38,40,45-47,55-56H,2,6,14-17,22-23,26-29,32-35H2,1,3-5H3,(H,52,57)/t38-,40+,45-,46+,47+,51+/m0/s1. The minimum atomic E-state index is -1.44. The third kappa shape index (κ3) is 11.9. The van der Waals surface area contributed by atoms with E-state index >= 15 is 0 Å². The summed E-state index contributed by atoms with van der Waals surface area (Å²) in [4.78, 5) is 35.7. The van der Waals surface area contributed by atoms with Crippen molar-refractivity contribution in [2.45, 2.75) is 110 Å². The quantitative estimate of drug-likeness (QED) is 0.0541. The van der Waals surface area contributed by atoms with Gasteiger partial charge in [0.15, 0.2) is 0 Å². The van der Waals surface area contributed by atoms with Crippen LogP contribution in [0.15, 0.2) is 108 Å². The molecule has 1 saturated carbocycles. The van der Waals surface area contributed by atoms with Crippen LogP contribution in [0.4, 0.5) is 9.59 Å². The highest BCUT2D eigenvalue weighted by Crippen LogP contribution is 2.62. The molecule has 0 spiro atoms. The average molecular weight is 866 g/mol. The molecule has 12 heteroatoms. The number of rotatable bonds is 21. The second-order valence-electron chi connectivity index (χ2n) is 18.1. The Morgan fingerprint density at radius 2 is 1.67 bits per heavy atom. The molecule has 1 aliphatic heterocycles. The molecule has 6 atom stereocenters. The molecule has 3 aromatic rings. The van der Waals surface area contributed by atoms with Crippen molar-refractivity contribution in [3.8, 4) is 11.5 Å². The summed E-state index contributed by atoms with van der Waals surface area (Å²) in [6.07, 6.45) is 8.27. The van der Waals surface area contributed by atoms with Crippen LogP contribution in [0.5, 0.6) is 11.5 Å². The summed E-state index contributed by atoms with van der Waals surface area (Å²) in [6, 6.07) is 24.2. The Balaban J connectivity index is 1.52. The molecule has 0 radical (unpaired) electrons. The fourth-order valence-corrected chi connectivity index (χ4v) is 9.36. The topological polar surface area (TPSA) is 148 Å². The fraction of sp³-hybridized carbons (Fsp3) is 0.510. The highest BCUT2D eigenvalue weighted by atomic mass is 16.7. The maximum atomic E-state index is 14.5. The average Bonchev–Trinajstić information content (AvgIpc) is 3.28. The van der Waals surface area contributed by atoms with Crippen LogP contribution in [-0.4, -0.2) is 77.8 Å². The number of benzene rings is 3. The third-order valence-electron chi connectivity index (χ3n) is 12.1. The first kappa shape index (κ1) is 47.3. The summed E-state index contributed by atoms with van der Waals surface area (Å²) >= 11 is 0. The van der Waals surface area contributed by atoms with Gasteiger partial charge in [0.25, 0.3) is 0 Å². The van der Waals surface area contributed by atoms with E-state index in [-0.39, 0.29) is 62.6 Å². The van der Waals surface area contributed by atoms with Crippen LogP contribution in [0.25, 0.3) is 0 Å². The Bertz CT molecular complexity index is 2020. The third-order valence-corrected chi connectivity index (χ3v) is 12.1. The lowest BCUT2D eigenvalue weighted by atomic mass is 9.55. The van der Waals surface area contributed by atoms with Gasteiger partial charge >= 0.3 is 12.2 Å². The number of carbonyl (C=O) groups is 2. The van der Waals surface area contributed by atoms with Crippen molar-refractivity contribution in [1.82, 2.24) is 10.2 Å². The van der Waals surface area contributed by atoms with Crippen molar-refractivity contribution in [2.24, 2.45) is 28.3 Å². The first-order valence-corrected chi connectivity index (χ1v) is 22.7. The first-order chi connectivity index (χ1) is 30.5. The van der Waals surface area contributed by atoms with Crippen molar-refractivity contribution in [1.29, 1.82) is 0 Å². The zero-order valence-electron chi connectivity index (χ0n) is 37.5. The minimum Gasteiger partial charge on any atom is -0.459 e. The molecule has 0 saturated heterocycles. The van der Waals surface area contributed by atoms with Crippen LogP contribution in [0, 0.1) is 23.2 Å². The number of oxime groups is 1. The molecule has 0 bridgehead atoms. The SMILES string of the molecule is C=CCO[C@@]12Oc3ccc(OC(=O)NCc4ccccc4)cc3[C@H]3[C@H](CCCCO)[C@@H](CCCCO)C=C(C(=NOCc4ccccc4)C[C@@H]1N(CCC)C(=O)OCC(C)(C)C)[C@H]32. The van der Waals surface area contributed by atoms with E-state index < -0.39 is 29.9 Å². The summed E-state index contributed by atoms with van der Waals surface area (Å²) in [5, 5.41) is 27.7. The van der Waals surface area contributed by atoms with Gasteiger partial charge < -0.3 is 39.3 Å². The molecule has 340 valence electrons. The van der Waals surface area contributed by atoms with Crippen molar-refractivity contribution in [3.63, 3.8) is 0 Å². The van der Waals surface area contributed by atoms with Crippen LogP contribution in [0.1, 0.15) is 102 Å². The number of allylic oxidation sites excluding steroid dienone is 1. The number of nitrogens with one attached hydrogen (secondary N) is 1. The summed E-state index contributed by atoms with van der Waals surface area (Å²) in [5.41, 5.74) is 4.09. The minimum absolute atomic E-state index is 0.00166. The molecule has 3 N–H and O–H groups in total. The van der Waals surface area contributed by atoms with Crippen LogP contribution in [-0.2, 0) is 27.5 Å². The van der Waals surface area contributed by atoms with Gasteiger partial charge in [-0.05, 0) is 84.3 Å². The molecule has 63 heavy (non-hydrogen) atoms. The predicted octanol–water partition coefficient (Wildman–Crippen LogP) is 9.70. The van der Waals surface area contributed by atoms with Crippen LogP contribution in [0.2, 0.25) is 0 Å². The number of aliphatic hydroxyl groups is 2. The van der Waals surface area contributed by atoms with E-state index in [4.69, 9.17) is 28.9 Å². The van der Waals surface area contributed by atoms with Crippen LogP contribution < -0.4 is 14.8 Å². The molecule has 6 rings (SSSR count). The van der Waals surface area contributed by atoms with Crippen LogP contribution in [0.3, 0.4) is 0 Å². The lowest BCUT2D eigenvalue weighted by Gasteiger charge is -2.60. The Morgan fingerprint density at radius 1 is 0.968 bits per heavy atom. The van der Waals surface area contributed by atoms with E-state index in [1.165, 1.54) is 0 Å². The first-order valence-electron chi connectivity index (χ1n) is 22.7. The summed E-state index contributed by atoms with van der Waals surface area (Å²) in [7, 11) is 0. The molecular weight excluding hydrogens is 799 g/mol. The molecule has 2 aliphatic carbocycles. The maximum Gasteiger partial charge on any atom is 0.412 e. The number of aliphatic hydroxyl groups excluding tert-OH is 2. The molecule has 3 aliphatic rings. The number of carbonyl (C=O) groups excluding carboxylic acids is 2. The number of hydrogen-bond donors (Lipinski definition) is 3. The molecule has 1 fully saturated rings. The maximum absolute atomic E-state index is 14.5. The van der Waals surface area contributed by atoms with E-state index in [0.29, 0.717) is 49.6 Å². The van der Waals surface area contributed by atoms with Gasteiger partial charge in [-0.3, -0.25) is 4.90 Å². The van der Waals surface area contributed by atoms with E-state index in [1.54, 1.807) is 17.0 Å². The fourth-order valence-electron chi connectivity index (χ4n) is 9.36.